The van der Waals surface area contributed by atoms with Crippen molar-refractivity contribution in [2.45, 2.75) is 13.0 Å². The van der Waals surface area contributed by atoms with Crippen LogP contribution in [0, 0.1) is 0 Å². The summed E-state index contributed by atoms with van der Waals surface area (Å²) >= 11 is 0. The van der Waals surface area contributed by atoms with Crippen LogP contribution < -0.4 is 10.6 Å². The molecule has 1 aromatic carbocycles. The molecule has 2 aromatic heterocycles. The molecule has 0 aliphatic carbocycles. The van der Waals surface area contributed by atoms with Crippen LogP contribution in [-0.2, 0) is 13.0 Å². The van der Waals surface area contributed by atoms with Gasteiger partial charge in [0.25, 0.3) is 0 Å². The van der Waals surface area contributed by atoms with Crippen LogP contribution in [0.2, 0.25) is 0 Å². The van der Waals surface area contributed by atoms with Gasteiger partial charge in [-0.1, -0.05) is 36.4 Å². The zero-order valence-corrected chi connectivity index (χ0v) is 15.8. The first kappa shape index (κ1) is 18.2. The van der Waals surface area contributed by atoms with Crippen molar-refractivity contribution < 1.29 is 0 Å². The lowest BCUT2D eigenvalue weighted by Gasteiger charge is -2.11. The molecule has 2 heterocycles. The van der Waals surface area contributed by atoms with Crippen molar-refractivity contribution in [1.82, 2.24) is 25.2 Å². The lowest BCUT2D eigenvalue weighted by atomic mass is 10.2. The van der Waals surface area contributed by atoms with Crippen molar-refractivity contribution in [3.8, 4) is 0 Å². The van der Waals surface area contributed by atoms with Crippen LogP contribution >= 0.6 is 24.0 Å². The fourth-order valence-electron chi connectivity index (χ4n) is 2.36. The Morgan fingerprint density at radius 1 is 1.04 bits per heavy atom. The van der Waals surface area contributed by atoms with Crippen molar-refractivity contribution in [2.24, 2.45) is 4.99 Å². The maximum absolute atomic E-state index is 4.24. The molecule has 3 rings (SSSR count). The van der Waals surface area contributed by atoms with E-state index >= 15 is 0 Å². The van der Waals surface area contributed by atoms with Crippen molar-refractivity contribution in [1.29, 1.82) is 0 Å². The summed E-state index contributed by atoms with van der Waals surface area (Å²) in [5.74, 6) is 1.72. The molecule has 0 spiro atoms. The monoisotopic (exact) mass is 436 g/mol. The number of nitrogens with zero attached hydrogens (tertiary/aromatic N) is 4. The number of pyridine rings is 1. The number of guanidine groups is 1. The predicted octanol–water partition coefficient (Wildman–Crippen LogP) is 2.25. The molecule has 0 radical (unpaired) electrons. The number of aromatic nitrogens is 3. The largest absolute Gasteiger partial charge is 0.356 e. The number of rotatable bonds is 5. The van der Waals surface area contributed by atoms with Crippen molar-refractivity contribution in [2.75, 3.05) is 13.6 Å². The maximum atomic E-state index is 4.24. The second-order valence-corrected chi connectivity index (χ2v) is 5.13. The third kappa shape index (κ3) is 4.67. The molecule has 0 saturated heterocycles. The molecule has 2 N–H and O–H groups in total. The van der Waals surface area contributed by atoms with Crippen LogP contribution in [0.25, 0.3) is 5.65 Å². The SMILES string of the molecule is CN=C(NCCc1nnc2ccccn12)NCc1ccccc1.I. The Kier molecular flexibility index (Phi) is 6.98. The Morgan fingerprint density at radius 3 is 2.62 bits per heavy atom. The van der Waals surface area contributed by atoms with Crippen LogP contribution in [0.15, 0.2) is 59.7 Å². The summed E-state index contributed by atoms with van der Waals surface area (Å²) in [7, 11) is 1.77. The highest BCUT2D eigenvalue weighted by atomic mass is 127. The van der Waals surface area contributed by atoms with Gasteiger partial charge in [0.2, 0.25) is 0 Å². The molecular weight excluding hydrogens is 415 g/mol. The maximum Gasteiger partial charge on any atom is 0.191 e. The van der Waals surface area contributed by atoms with Gasteiger partial charge in [-0.3, -0.25) is 9.39 Å². The smallest absolute Gasteiger partial charge is 0.191 e. The summed E-state index contributed by atoms with van der Waals surface area (Å²) < 4.78 is 2.00. The van der Waals surface area contributed by atoms with E-state index < -0.39 is 0 Å². The Hall–Kier alpha value is -2.16. The predicted molar refractivity (Wildman–Crippen MR) is 107 cm³/mol. The van der Waals surface area contributed by atoms with Crippen molar-refractivity contribution in [3.63, 3.8) is 0 Å². The summed E-state index contributed by atoms with van der Waals surface area (Å²) in [6.07, 6.45) is 2.75. The van der Waals surface area contributed by atoms with Gasteiger partial charge in [0.15, 0.2) is 11.6 Å². The van der Waals surface area contributed by atoms with E-state index in [0.29, 0.717) is 0 Å². The number of aliphatic imine (C=N–C) groups is 1. The minimum absolute atomic E-state index is 0. The first-order valence-corrected chi connectivity index (χ1v) is 7.64. The third-order valence-corrected chi connectivity index (χ3v) is 3.55. The van der Waals surface area contributed by atoms with Gasteiger partial charge in [-0.25, -0.2) is 0 Å². The molecule has 0 aliphatic heterocycles. The summed E-state index contributed by atoms with van der Waals surface area (Å²) in [4.78, 5) is 4.24. The van der Waals surface area contributed by atoms with Gasteiger partial charge >= 0.3 is 0 Å². The minimum atomic E-state index is 0. The number of halogens is 1. The Labute approximate surface area is 158 Å². The van der Waals surface area contributed by atoms with Gasteiger partial charge in [0, 0.05) is 32.8 Å². The minimum Gasteiger partial charge on any atom is -0.356 e. The van der Waals surface area contributed by atoms with E-state index in [1.54, 1.807) is 7.05 Å². The molecule has 0 unspecified atom stereocenters. The second-order valence-electron chi connectivity index (χ2n) is 5.13. The Balaban J connectivity index is 0.00000208. The molecule has 0 atom stereocenters. The highest BCUT2D eigenvalue weighted by Gasteiger charge is 2.04. The molecule has 0 amide bonds. The van der Waals surface area contributed by atoms with Crippen molar-refractivity contribution in [3.05, 3.63) is 66.1 Å². The number of hydrogen-bond donors (Lipinski definition) is 2. The first-order chi connectivity index (χ1) is 11.4. The van der Waals surface area contributed by atoms with Crippen LogP contribution in [0.1, 0.15) is 11.4 Å². The molecule has 6 nitrogen and oxygen atoms in total. The number of hydrogen-bond acceptors (Lipinski definition) is 3. The lowest BCUT2D eigenvalue weighted by Crippen LogP contribution is -2.38. The average Bonchev–Trinajstić information content (AvgIpc) is 3.02. The van der Waals surface area contributed by atoms with Crippen molar-refractivity contribution >= 4 is 35.6 Å². The zero-order valence-electron chi connectivity index (χ0n) is 13.5. The quantitative estimate of drug-likeness (QED) is 0.366. The zero-order chi connectivity index (χ0) is 15.9. The summed E-state index contributed by atoms with van der Waals surface area (Å²) in [6.45, 7) is 1.48. The molecule has 7 heteroatoms. The topological polar surface area (TPSA) is 66.6 Å². The Morgan fingerprint density at radius 2 is 1.83 bits per heavy atom. The molecule has 0 saturated carbocycles. The summed E-state index contributed by atoms with van der Waals surface area (Å²) in [5.41, 5.74) is 2.09. The van der Waals surface area contributed by atoms with Gasteiger partial charge in [-0.15, -0.1) is 34.2 Å². The van der Waals surface area contributed by atoms with E-state index in [2.05, 4.69) is 38.0 Å². The third-order valence-electron chi connectivity index (χ3n) is 3.55. The average molecular weight is 436 g/mol. The van der Waals surface area contributed by atoms with Gasteiger partial charge in [-0.05, 0) is 17.7 Å². The highest BCUT2D eigenvalue weighted by Crippen LogP contribution is 2.02. The standard InChI is InChI=1S/C17H20N6.HI/c1-18-17(20-13-14-7-3-2-4-8-14)19-11-10-16-22-21-15-9-5-6-12-23(15)16;/h2-9,12H,10-11,13H2,1H3,(H2,18,19,20);1H. The Bertz CT molecular complexity index is 784. The van der Waals surface area contributed by atoms with E-state index in [-0.39, 0.29) is 24.0 Å². The van der Waals surface area contributed by atoms with Crippen LogP contribution in [-0.4, -0.2) is 34.2 Å². The number of benzene rings is 1. The van der Waals surface area contributed by atoms with E-state index in [4.69, 9.17) is 0 Å². The molecular formula is C17H21IN6. The summed E-state index contributed by atoms with van der Waals surface area (Å²) in [5, 5.41) is 15.0. The molecule has 24 heavy (non-hydrogen) atoms. The first-order valence-electron chi connectivity index (χ1n) is 7.64. The molecule has 126 valence electrons. The van der Waals surface area contributed by atoms with E-state index in [1.807, 2.05) is 47.0 Å². The van der Waals surface area contributed by atoms with Gasteiger partial charge in [0.05, 0.1) is 0 Å². The molecule has 0 fully saturated rings. The fourth-order valence-corrected chi connectivity index (χ4v) is 2.36. The van der Waals surface area contributed by atoms with Crippen LogP contribution in [0.4, 0.5) is 0 Å². The summed E-state index contributed by atoms with van der Waals surface area (Å²) in [6, 6.07) is 16.1. The normalized spacial score (nSPS) is 11.1. The fraction of sp³-hybridized carbons (Fsp3) is 0.235. The van der Waals surface area contributed by atoms with E-state index in [0.717, 1.165) is 36.9 Å². The van der Waals surface area contributed by atoms with E-state index in [1.165, 1.54) is 5.56 Å². The van der Waals surface area contributed by atoms with Gasteiger partial charge < -0.3 is 10.6 Å². The van der Waals surface area contributed by atoms with Gasteiger partial charge in [-0.2, -0.15) is 0 Å². The van der Waals surface area contributed by atoms with Gasteiger partial charge in [0.1, 0.15) is 5.82 Å². The lowest BCUT2D eigenvalue weighted by molar-refractivity contribution is 0.761. The number of fused-ring (bicyclic) bond motifs is 1. The highest BCUT2D eigenvalue weighted by molar-refractivity contribution is 14.0. The van der Waals surface area contributed by atoms with Crippen LogP contribution in [0.3, 0.4) is 0 Å². The molecule has 0 bridgehead atoms. The molecule has 3 aromatic rings. The number of nitrogens with one attached hydrogen (secondary N) is 2. The molecule has 0 aliphatic rings. The van der Waals surface area contributed by atoms with Crippen LogP contribution in [0.5, 0.6) is 0 Å². The van der Waals surface area contributed by atoms with E-state index in [9.17, 15) is 0 Å². The second kappa shape index (κ2) is 9.21.